The van der Waals surface area contributed by atoms with Gasteiger partial charge in [0.2, 0.25) is 0 Å². The summed E-state index contributed by atoms with van der Waals surface area (Å²) in [7, 11) is 1.63. The molecule has 0 atom stereocenters. The molecule has 1 aromatic carbocycles. The second-order valence-corrected chi connectivity index (χ2v) is 3.76. The molecular formula is C13H13NO2. The molecule has 0 bridgehead atoms. The van der Waals surface area contributed by atoms with Crippen LogP contribution in [0.3, 0.4) is 0 Å². The van der Waals surface area contributed by atoms with Crippen LogP contribution in [-0.2, 0) is 0 Å². The van der Waals surface area contributed by atoms with Crippen LogP contribution in [0, 0.1) is 6.92 Å². The van der Waals surface area contributed by atoms with Gasteiger partial charge in [-0.25, -0.2) is 4.98 Å². The Labute approximate surface area is 94.1 Å². The van der Waals surface area contributed by atoms with Gasteiger partial charge in [-0.05, 0) is 36.8 Å². The molecule has 1 aromatic heterocycles. The van der Waals surface area contributed by atoms with E-state index in [0.29, 0.717) is 5.69 Å². The summed E-state index contributed by atoms with van der Waals surface area (Å²) < 4.78 is 5.16. The number of ether oxygens (including phenoxy) is 1. The lowest BCUT2D eigenvalue weighted by Gasteiger charge is -2.06. The summed E-state index contributed by atoms with van der Waals surface area (Å²) in [6.07, 6.45) is 0. The highest BCUT2D eigenvalue weighted by Crippen LogP contribution is 2.23. The van der Waals surface area contributed by atoms with Crippen molar-refractivity contribution in [2.24, 2.45) is 0 Å². The lowest BCUT2D eigenvalue weighted by atomic mass is 10.1. The number of carbonyl (C=O) groups is 1. The Morgan fingerprint density at radius 1 is 1.31 bits per heavy atom. The summed E-state index contributed by atoms with van der Waals surface area (Å²) in [6, 6.07) is 7.46. The molecule has 0 aliphatic heterocycles. The van der Waals surface area contributed by atoms with Crippen molar-refractivity contribution >= 4 is 16.7 Å². The fraction of sp³-hybridized carbons (Fsp3) is 0.231. The monoisotopic (exact) mass is 215 g/mol. The number of benzene rings is 1. The molecular weight excluding hydrogens is 202 g/mol. The molecule has 0 aliphatic rings. The number of hydrogen-bond acceptors (Lipinski definition) is 3. The van der Waals surface area contributed by atoms with Crippen LogP contribution in [0.15, 0.2) is 24.3 Å². The number of hydrogen-bond donors (Lipinski definition) is 0. The number of nitrogens with zero attached hydrogens (tertiary/aromatic N) is 1. The third-order valence-corrected chi connectivity index (χ3v) is 2.58. The number of fused-ring (bicyclic) bond motifs is 1. The average Bonchev–Trinajstić information content (AvgIpc) is 2.28. The molecule has 2 aromatic rings. The van der Waals surface area contributed by atoms with E-state index in [0.717, 1.165) is 22.2 Å². The maximum Gasteiger partial charge on any atom is 0.178 e. The van der Waals surface area contributed by atoms with Gasteiger partial charge in [0, 0.05) is 12.3 Å². The Morgan fingerprint density at radius 2 is 2.06 bits per heavy atom. The normalized spacial score (nSPS) is 10.4. The Hall–Kier alpha value is -1.90. The smallest absolute Gasteiger partial charge is 0.178 e. The van der Waals surface area contributed by atoms with Gasteiger partial charge >= 0.3 is 0 Å². The Morgan fingerprint density at radius 3 is 2.69 bits per heavy atom. The molecule has 3 heteroatoms. The van der Waals surface area contributed by atoms with E-state index in [1.54, 1.807) is 7.11 Å². The van der Waals surface area contributed by atoms with E-state index in [2.05, 4.69) is 4.98 Å². The van der Waals surface area contributed by atoms with Crippen molar-refractivity contribution in [3.8, 4) is 5.75 Å². The SMILES string of the molecule is COc1ccc2nc(C(C)=O)cc(C)c2c1. The lowest BCUT2D eigenvalue weighted by molar-refractivity contribution is 0.101. The van der Waals surface area contributed by atoms with Crippen molar-refractivity contribution in [1.82, 2.24) is 4.98 Å². The second-order valence-electron chi connectivity index (χ2n) is 3.76. The van der Waals surface area contributed by atoms with Crippen LogP contribution in [0.4, 0.5) is 0 Å². The minimum Gasteiger partial charge on any atom is -0.497 e. The summed E-state index contributed by atoms with van der Waals surface area (Å²) in [6.45, 7) is 3.49. The van der Waals surface area contributed by atoms with Crippen LogP contribution in [-0.4, -0.2) is 17.9 Å². The molecule has 0 amide bonds. The molecule has 0 radical (unpaired) electrons. The first-order valence-electron chi connectivity index (χ1n) is 5.08. The van der Waals surface area contributed by atoms with Crippen LogP contribution < -0.4 is 4.74 Å². The van der Waals surface area contributed by atoms with E-state index in [1.807, 2.05) is 31.2 Å². The summed E-state index contributed by atoms with van der Waals surface area (Å²) in [5, 5.41) is 1.02. The van der Waals surface area contributed by atoms with Crippen LogP contribution in [0.25, 0.3) is 10.9 Å². The van der Waals surface area contributed by atoms with Gasteiger partial charge in [0.05, 0.1) is 12.6 Å². The minimum atomic E-state index is -0.0131. The van der Waals surface area contributed by atoms with Crippen molar-refractivity contribution in [3.63, 3.8) is 0 Å². The fourth-order valence-electron chi connectivity index (χ4n) is 1.68. The van der Waals surface area contributed by atoms with Gasteiger partial charge in [-0.15, -0.1) is 0 Å². The number of carbonyl (C=O) groups excluding carboxylic acids is 1. The van der Waals surface area contributed by atoms with Gasteiger partial charge in [0.15, 0.2) is 5.78 Å². The zero-order valence-corrected chi connectivity index (χ0v) is 9.57. The molecule has 0 unspecified atom stereocenters. The number of methoxy groups -OCH3 is 1. The largest absolute Gasteiger partial charge is 0.497 e. The topological polar surface area (TPSA) is 39.2 Å². The average molecular weight is 215 g/mol. The van der Waals surface area contributed by atoms with Crippen molar-refractivity contribution in [1.29, 1.82) is 0 Å². The van der Waals surface area contributed by atoms with Crippen molar-refractivity contribution in [2.45, 2.75) is 13.8 Å². The quantitative estimate of drug-likeness (QED) is 0.723. The zero-order valence-electron chi connectivity index (χ0n) is 9.57. The number of pyridine rings is 1. The van der Waals surface area contributed by atoms with Crippen molar-refractivity contribution < 1.29 is 9.53 Å². The van der Waals surface area contributed by atoms with E-state index < -0.39 is 0 Å². The first-order chi connectivity index (χ1) is 7.61. The van der Waals surface area contributed by atoms with E-state index in [9.17, 15) is 4.79 Å². The highest BCUT2D eigenvalue weighted by Gasteiger charge is 2.06. The van der Waals surface area contributed by atoms with Crippen molar-refractivity contribution in [2.75, 3.05) is 7.11 Å². The zero-order chi connectivity index (χ0) is 11.7. The van der Waals surface area contributed by atoms with Gasteiger partial charge in [-0.1, -0.05) is 0 Å². The maximum atomic E-state index is 11.3. The van der Waals surface area contributed by atoms with E-state index >= 15 is 0 Å². The molecule has 1 heterocycles. The van der Waals surface area contributed by atoms with Crippen LogP contribution in [0.2, 0.25) is 0 Å². The molecule has 3 nitrogen and oxygen atoms in total. The minimum absolute atomic E-state index is 0.0131. The summed E-state index contributed by atoms with van der Waals surface area (Å²) in [5.74, 6) is 0.786. The predicted molar refractivity (Wildman–Crippen MR) is 63.0 cm³/mol. The predicted octanol–water partition coefficient (Wildman–Crippen LogP) is 2.75. The van der Waals surface area contributed by atoms with Gasteiger partial charge in [0.25, 0.3) is 0 Å². The van der Waals surface area contributed by atoms with Crippen LogP contribution >= 0.6 is 0 Å². The first kappa shape index (κ1) is 10.6. The van der Waals surface area contributed by atoms with E-state index in [-0.39, 0.29) is 5.78 Å². The maximum absolute atomic E-state index is 11.3. The third kappa shape index (κ3) is 1.76. The molecule has 82 valence electrons. The van der Waals surface area contributed by atoms with Gasteiger partial charge in [0.1, 0.15) is 11.4 Å². The van der Waals surface area contributed by atoms with Gasteiger partial charge < -0.3 is 4.74 Å². The first-order valence-corrected chi connectivity index (χ1v) is 5.08. The Bertz CT molecular complexity index is 561. The van der Waals surface area contributed by atoms with E-state index in [1.165, 1.54) is 6.92 Å². The number of Topliss-reactive ketones (excluding diaryl/α,β-unsaturated/α-hetero) is 1. The molecule has 0 spiro atoms. The summed E-state index contributed by atoms with van der Waals surface area (Å²) in [5.41, 5.74) is 2.37. The number of rotatable bonds is 2. The molecule has 0 N–H and O–H groups in total. The van der Waals surface area contributed by atoms with Gasteiger partial charge in [-0.3, -0.25) is 4.79 Å². The Balaban J connectivity index is 2.71. The third-order valence-electron chi connectivity index (χ3n) is 2.58. The van der Waals surface area contributed by atoms with Gasteiger partial charge in [-0.2, -0.15) is 0 Å². The molecule has 0 aliphatic carbocycles. The lowest BCUT2D eigenvalue weighted by Crippen LogP contribution is -1.98. The molecule has 16 heavy (non-hydrogen) atoms. The molecule has 0 saturated carbocycles. The number of aromatic nitrogens is 1. The number of aryl methyl sites for hydroxylation is 1. The standard InChI is InChI=1S/C13H13NO2/c1-8-6-13(9(2)15)14-12-5-4-10(16-3)7-11(8)12/h4-7H,1-3H3. The fourth-order valence-corrected chi connectivity index (χ4v) is 1.68. The molecule has 2 rings (SSSR count). The molecule has 0 fully saturated rings. The van der Waals surface area contributed by atoms with Crippen molar-refractivity contribution in [3.05, 3.63) is 35.5 Å². The number of ketones is 1. The molecule has 0 saturated heterocycles. The summed E-state index contributed by atoms with van der Waals surface area (Å²) >= 11 is 0. The highest BCUT2D eigenvalue weighted by molar-refractivity contribution is 5.96. The van der Waals surface area contributed by atoms with Crippen LogP contribution in [0.5, 0.6) is 5.75 Å². The highest BCUT2D eigenvalue weighted by atomic mass is 16.5. The Kier molecular flexibility index (Phi) is 2.60. The second kappa shape index (κ2) is 3.93. The van der Waals surface area contributed by atoms with Crippen LogP contribution in [0.1, 0.15) is 23.0 Å². The van der Waals surface area contributed by atoms with E-state index in [4.69, 9.17) is 4.74 Å². The summed E-state index contributed by atoms with van der Waals surface area (Å²) in [4.78, 5) is 15.6.